The molecule has 7 fully saturated rings. The third kappa shape index (κ3) is 11.1. The van der Waals surface area contributed by atoms with Crippen LogP contribution in [0.1, 0.15) is 101 Å². The van der Waals surface area contributed by atoms with E-state index in [4.69, 9.17) is 32.7 Å². The van der Waals surface area contributed by atoms with Crippen LogP contribution < -0.4 is 16.0 Å². The highest BCUT2D eigenvalue weighted by atomic mass is 35.5. The zero-order valence-electron chi connectivity index (χ0n) is 39.8. The normalized spacial score (nSPS) is 29.3. The van der Waals surface area contributed by atoms with Gasteiger partial charge in [-0.1, -0.05) is 66.4 Å². The van der Waals surface area contributed by atoms with Gasteiger partial charge >= 0.3 is 12.2 Å². The maximum Gasteiger partial charge on any atom is 0.410 e. The summed E-state index contributed by atoms with van der Waals surface area (Å²) in [7, 11) is 0. The Hall–Kier alpha value is -5.84. The number of benzene rings is 2. The van der Waals surface area contributed by atoms with E-state index >= 15 is 0 Å². The van der Waals surface area contributed by atoms with E-state index in [9.17, 15) is 39.3 Å². The number of likely N-dealkylation sites (tertiary alicyclic amines) is 3. The number of nitriles is 2. The summed E-state index contributed by atoms with van der Waals surface area (Å²) in [6.07, 6.45) is 11.4. The predicted octanol–water partition coefficient (Wildman–Crippen LogP) is 7.14. The fraction of sp³-hybridized carbons (Fsp3) is 0.585. The average Bonchev–Trinajstić information content (AvgIpc) is 3.72. The van der Waals surface area contributed by atoms with Crippen molar-refractivity contribution >= 4 is 65.1 Å². The Morgan fingerprint density at radius 2 is 1.44 bits per heavy atom. The SMILES string of the molecule is N#C[C@H](C[C@@H]1CCCNC1=O)NC(=O)[C@@H]1[C@H]2CCC(N3C(=O)[C@H](C[C@@H](C#N)NC(=O)[C@@H]4[C@H]5CCCC[C@H]5CN4C(=O)OCc4cccc(Cl)c4)CC34CC4)C[C@H]2CN1C(=O)OC/C=C/c1cccc(Cl)c1. The maximum atomic E-state index is 14.6. The highest BCUT2D eigenvalue weighted by molar-refractivity contribution is 6.31. The quantitative estimate of drug-likeness (QED) is 0.174. The molecule has 4 saturated heterocycles. The van der Waals surface area contributed by atoms with Gasteiger partial charge in [0.25, 0.3) is 0 Å². The minimum Gasteiger partial charge on any atom is -0.445 e. The van der Waals surface area contributed by atoms with Crippen molar-refractivity contribution < 1.29 is 38.2 Å². The molecule has 3 aliphatic carbocycles. The van der Waals surface area contributed by atoms with E-state index in [0.717, 1.165) is 56.1 Å². The van der Waals surface area contributed by atoms with Gasteiger partial charge in [0.2, 0.25) is 23.6 Å². The number of carbonyl (C=O) groups excluding carboxylic acids is 6. The van der Waals surface area contributed by atoms with Gasteiger partial charge in [0.15, 0.2) is 0 Å². The molecule has 376 valence electrons. The summed E-state index contributed by atoms with van der Waals surface area (Å²) in [5.74, 6) is -2.35. The molecule has 16 nitrogen and oxygen atoms in total. The first-order chi connectivity index (χ1) is 34.3. The van der Waals surface area contributed by atoms with Crippen LogP contribution >= 0.6 is 23.2 Å². The summed E-state index contributed by atoms with van der Waals surface area (Å²) in [5.41, 5.74) is 1.20. The van der Waals surface area contributed by atoms with Crippen molar-refractivity contribution in [2.75, 3.05) is 26.2 Å². The number of piperidine rings is 1. The molecule has 0 aromatic heterocycles. The summed E-state index contributed by atoms with van der Waals surface area (Å²) in [4.78, 5) is 88.4. The summed E-state index contributed by atoms with van der Waals surface area (Å²) in [6, 6.07) is 14.9. The van der Waals surface area contributed by atoms with E-state index in [2.05, 4.69) is 28.1 Å². The van der Waals surface area contributed by atoms with Crippen LogP contribution in [0.3, 0.4) is 0 Å². The van der Waals surface area contributed by atoms with Crippen LogP contribution in [0.25, 0.3) is 6.08 Å². The number of fused-ring (bicyclic) bond motifs is 2. The van der Waals surface area contributed by atoms with Gasteiger partial charge in [0, 0.05) is 53.1 Å². The van der Waals surface area contributed by atoms with Crippen molar-refractivity contribution in [3.05, 3.63) is 75.8 Å². The number of amides is 6. The monoisotopic (exact) mass is 1010 g/mol. The first-order valence-electron chi connectivity index (χ1n) is 25.4. The van der Waals surface area contributed by atoms with Crippen molar-refractivity contribution in [3.63, 3.8) is 0 Å². The van der Waals surface area contributed by atoms with E-state index in [0.29, 0.717) is 55.2 Å². The first kappa shape index (κ1) is 50.1. The summed E-state index contributed by atoms with van der Waals surface area (Å²) in [6.45, 7) is 1.13. The lowest BCUT2D eigenvalue weighted by Gasteiger charge is -2.41. The summed E-state index contributed by atoms with van der Waals surface area (Å²) >= 11 is 12.3. The van der Waals surface area contributed by atoms with Crippen LogP contribution in [-0.2, 0) is 35.3 Å². The lowest BCUT2D eigenvalue weighted by Crippen LogP contribution is -2.53. The van der Waals surface area contributed by atoms with Gasteiger partial charge in [-0.3, -0.25) is 29.0 Å². The zero-order chi connectivity index (χ0) is 49.8. The molecule has 18 heteroatoms. The molecule has 4 aliphatic heterocycles. The number of ether oxygens (including phenoxy) is 2. The Balaban J connectivity index is 0.855. The number of nitrogens with one attached hydrogen (secondary N) is 3. The average molecular weight is 1010 g/mol. The van der Waals surface area contributed by atoms with Crippen LogP contribution in [0.5, 0.6) is 0 Å². The largest absolute Gasteiger partial charge is 0.445 e. The number of rotatable bonds is 14. The van der Waals surface area contributed by atoms with Gasteiger partial charge in [-0.2, -0.15) is 10.5 Å². The molecule has 0 bridgehead atoms. The van der Waals surface area contributed by atoms with Gasteiger partial charge < -0.3 is 30.3 Å². The molecule has 71 heavy (non-hydrogen) atoms. The molecule has 7 aliphatic rings. The van der Waals surface area contributed by atoms with Crippen LogP contribution in [0.2, 0.25) is 10.0 Å². The minimum absolute atomic E-state index is 0.000977. The molecule has 3 saturated carbocycles. The van der Waals surface area contributed by atoms with Gasteiger partial charge in [-0.25, -0.2) is 9.59 Å². The van der Waals surface area contributed by atoms with Crippen molar-refractivity contribution in [2.45, 2.75) is 132 Å². The highest BCUT2D eigenvalue weighted by Gasteiger charge is 2.62. The fourth-order valence-corrected chi connectivity index (χ4v) is 13.4. The third-order valence-corrected chi connectivity index (χ3v) is 16.8. The number of nitrogens with zero attached hydrogens (tertiary/aromatic N) is 5. The molecule has 6 amide bonds. The van der Waals surface area contributed by atoms with Crippen LogP contribution in [0.15, 0.2) is 54.6 Å². The van der Waals surface area contributed by atoms with Gasteiger partial charge in [-0.05, 0) is 142 Å². The molecule has 1 unspecified atom stereocenters. The summed E-state index contributed by atoms with van der Waals surface area (Å²) in [5, 5.41) is 30.4. The molecular formula is C53H62Cl2N8O8. The van der Waals surface area contributed by atoms with Gasteiger partial charge in [0.05, 0.1) is 12.1 Å². The second-order valence-electron chi connectivity index (χ2n) is 20.8. The van der Waals surface area contributed by atoms with E-state index in [1.54, 1.807) is 42.5 Å². The number of halogens is 2. The van der Waals surface area contributed by atoms with Crippen LogP contribution in [0, 0.1) is 58.2 Å². The Labute approximate surface area is 424 Å². The van der Waals surface area contributed by atoms with Gasteiger partial charge in [-0.15, -0.1) is 0 Å². The Morgan fingerprint density at radius 1 is 0.789 bits per heavy atom. The number of carbonyl (C=O) groups is 6. The van der Waals surface area contributed by atoms with E-state index in [1.165, 1.54) is 9.80 Å². The van der Waals surface area contributed by atoms with E-state index in [-0.39, 0.29) is 79.7 Å². The molecule has 3 N–H and O–H groups in total. The Bertz CT molecular complexity index is 2490. The zero-order valence-corrected chi connectivity index (χ0v) is 41.3. The van der Waals surface area contributed by atoms with Crippen molar-refractivity contribution in [1.29, 1.82) is 10.5 Å². The molecule has 0 radical (unpaired) electrons. The molecule has 1 spiro atoms. The van der Waals surface area contributed by atoms with E-state index < -0.39 is 60.0 Å². The molecule has 2 aromatic carbocycles. The Morgan fingerprint density at radius 3 is 2.11 bits per heavy atom. The second-order valence-corrected chi connectivity index (χ2v) is 21.7. The topological polar surface area (TPSA) is 214 Å². The highest BCUT2D eigenvalue weighted by Crippen LogP contribution is 2.56. The lowest BCUT2D eigenvalue weighted by molar-refractivity contribution is -0.137. The lowest BCUT2D eigenvalue weighted by atomic mass is 9.75. The second kappa shape index (κ2) is 21.9. The molecule has 9 rings (SSSR count). The molecule has 4 heterocycles. The van der Waals surface area contributed by atoms with Crippen LogP contribution in [0.4, 0.5) is 9.59 Å². The smallest absolute Gasteiger partial charge is 0.410 e. The maximum absolute atomic E-state index is 14.6. The molecular weight excluding hydrogens is 948 g/mol. The Kier molecular flexibility index (Phi) is 15.4. The minimum atomic E-state index is -0.964. The number of hydrogen-bond acceptors (Lipinski definition) is 10. The van der Waals surface area contributed by atoms with Crippen molar-refractivity contribution in [2.24, 2.45) is 35.5 Å². The van der Waals surface area contributed by atoms with Crippen molar-refractivity contribution in [3.8, 4) is 12.1 Å². The standard InChI is InChI=1S/C53H62Cl2N8O8/c54-38-12-3-7-32(21-38)9-6-20-70-51(68)62-30-37-25-42(15-16-44(37)46(62)49(66)59-40(27-56)23-34-11-5-19-58-47(34)64)63-50(67)36(26-53(63)17-18-53)24-41(28-57)60-48(65)45-43-14-2-1-10-35(43)29-61(45)52(69)71-31-33-8-4-13-39(55)22-33/h3-4,6-9,12-13,21-22,34-37,40-46H,1-2,5,10-11,14-20,23-26,29-31H2,(H,58,64)(H,59,66)(H,60,65)/b9-6+/t34-,35-,36+,37-,40-,41-,42?,43-,44-,45-,46-/m0/s1. The van der Waals surface area contributed by atoms with E-state index in [1.807, 2.05) is 23.1 Å². The van der Waals surface area contributed by atoms with Crippen molar-refractivity contribution in [1.82, 2.24) is 30.7 Å². The molecule has 11 atom stereocenters. The van der Waals surface area contributed by atoms with Gasteiger partial charge in [0.1, 0.15) is 37.4 Å². The third-order valence-electron chi connectivity index (χ3n) is 16.3. The number of hydrogen-bond donors (Lipinski definition) is 3. The predicted molar refractivity (Wildman–Crippen MR) is 261 cm³/mol. The summed E-state index contributed by atoms with van der Waals surface area (Å²) < 4.78 is 11.4. The molecule has 2 aromatic rings. The fourth-order valence-electron chi connectivity index (χ4n) is 12.9. The van der Waals surface area contributed by atoms with Crippen LogP contribution in [-0.4, -0.2) is 113 Å². The first-order valence-corrected chi connectivity index (χ1v) is 26.1.